The molecule has 0 radical (unpaired) electrons. The zero-order chi connectivity index (χ0) is 15.5. The summed E-state index contributed by atoms with van der Waals surface area (Å²) in [7, 11) is 0. The molecule has 1 aromatic heterocycles. The van der Waals surface area contributed by atoms with Gasteiger partial charge in [-0.15, -0.1) is 0 Å². The smallest absolute Gasteiger partial charge is 0.0552 e. The number of rotatable bonds is 4. The summed E-state index contributed by atoms with van der Waals surface area (Å²) >= 11 is 1.86. The van der Waals surface area contributed by atoms with E-state index in [1.54, 1.807) is 0 Å². The van der Waals surface area contributed by atoms with Crippen molar-refractivity contribution in [2.45, 2.75) is 22.6 Å². The maximum atomic E-state index is 4.43. The molecule has 2 heterocycles. The van der Waals surface area contributed by atoms with E-state index >= 15 is 0 Å². The third kappa shape index (κ3) is 2.97. The van der Waals surface area contributed by atoms with Crippen molar-refractivity contribution in [1.82, 2.24) is 4.98 Å². The van der Waals surface area contributed by atoms with Crippen LogP contribution in [0.1, 0.15) is 12.1 Å². The third-order valence-electron chi connectivity index (χ3n) is 4.07. The molecule has 0 bridgehead atoms. The molecule has 2 nitrogen and oxygen atoms in total. The highest BCUT2D eigenvalue weighted by Crippen LogP contribution is 2.47. The second-order valence-electron chi connectivity index (χ2n) is 5.61. The molecule has 2 aromatic carbocycles. The first-order chi connectivity index (χ1) is 11.4. The van der Waals surface area contributed by atoms with Crippen molar-refractivity contribution in [2.24, 2.45) is 0 Å². The molecule has 0 spiro atoms. The van der Waals surface area contributed by atoms with Crippen LogP contribution in [0.3, 0.4) is 0 Å². The topological polar surface area (TPSA) is 16.1 Å². The molecule has 0 atom stereocenters. The average molecular weight is 318 g/mol. The zero-order valence-electron chi connectivity index (χ0n) is 12.9. The van der Waals surface area contributed by atoms with Gasteiger partial charge in [-0.25, -0.2) is 0 Å². The molecule has 3 aromatic rings. The number of hydrogen-bond donors (Lipinski definition) is 0. The molecular weight excluding hydrogens is 300 g/mol. The Hall–Kier alpha value is -2.26. The van der Waals surface area contributed by atoms with E-state index in [0.717, 1.165) is 19.4 Å². The summed E-state index contributed by atoms with van der Waals surface area (Å²) in [5.74, 6) is 0. The van der Waals surface area contributed by atoms with Crippen molar-refractivity contribution in [3.8, 4) is 0 Å². The molecule has 0 fully saturated rings. The Morgan fingerprint density at radius 2 is 1.43 bits per heavy atom. The lowest BCUT2D eigenvalue weighted by atomic mass is 10.1. The number of benzene rings is 2. The van der Waals surface area contributed by atoms with E-state index in [2.05, 4.69) is 70.5 Å². The Kier molecular flexibility index (Phi) is 4.03. The van der Waals surface area contributed by atoms with E-state index in [4.69, 9.17) is 0 Å². The molecule has 3 heteroatoms. The van der Waals surface area contributed by atoms with Gasteiger partial charge in [0.15, 0.2) is 0 Å². The monoisotopic (exact) mass is 318 g/mol. The number of anilines is 2. The van der Waals surface area contributed by atoms with Crippen molar-refractivity contribution < 1.29 is 0 Å². The number of nitrogens with zero attached hydrogens (tertiary/aromatic N) is 2. The number of para-hydroxylation sites is 2. The predicted octanol–water partition coefficient (Wildman–Crippen LogP) is 5.32. The van der Waals surface area contributed by atoms with E-state index in [1.165, 1.54) is 26.9 Å². The van der Waals surface area contributed by atoms with E-state index < -0.39 is 0 Å². The molecule has 0 saturated heterocycles. The lowest BCUT2D eigenvalue weighted by Crippen LogP contribution is -2.22. The molecule has 0 amide bonds. The van der Waals surface area contributed by atoms with Gasteiger partial charge in [0.2, 0.25) is 0 Å². The Bertz CT molecular complexity index is 756. The quantitative estimate of drug-likeness (QED) is 0.648. The summed E-state index contributed by atoms with van der Waals surface area (Å²) < 4.78 is 0. The van der Waals surface area contributed by atoms with Crippen LogP contribution in [0.25, 0.3) is 0 Å². The lowest BCUT2D eigenvalue weighted by Gasteiger charge is -2.32. The predicted molar refractivity (Wildman–Crippen MR) is 96.6 cm³/mol. The van der Waals surface area contributed by atoms with Crippen LogP contribution in [-0.4, -0.2) is 11.5 Å². The van der Waals surface area contributed by atoms with Gasteiger partial charge in [-0.1, -0.05) is 42.1 Å². The van der Waals surface area contributed by atoms with E-state index in [1.807, 2.05) is 24.0 Å². The van der Waals surface area contributed by atoms with Crippen LogP contribution in [0.4, 0.5) is 11.4 Å². The standard InChI is InChI=1S/C20H18N2S/c1-3-12-19-17(10-1)22(18-11-2-4-13-20(18)23-19)15-7-9-16-8-5-6-14-21-16/h1-6,8,10-14H,7,9,15H2. The molecule has 0 unspecified atom stereocenters. The molecule has 1 aliphatic rings. The number of aryl methyl sites for hydroxylation is 1. The molecule has 0 aliphatic carbocycles. The van der Waals surface area contributed by atoms with Crippen LogP contribution in [0.2, 0.25) is 0 Å². The van der Waals surface area contributed by atoms with Crippen LogP contribution in [0.5, 0.6) is 0 Å². The Labute approximate surface area is 141 Å². The van der Waals surface area contributed by atoms with E-state index in [-0.39, 0.29) is 0 Å². The van der Waals surface area contributed by atoms with Crippen molar-refractivity contribution in [3.05, 3.63) is 78.6 Å². The summed E-state index contributed by atoms with van der Waals surface area (Å²) in [6.45, 7) is 1.01. The first kappa shape index (κ1) is 14.3. The molecule has 1 aliphatic heterocycles. The average Bonchev–Trinajstić information content (AvgIpc) is 2.62. The summed E-state index contributed by atoms with van der Waals surface area (Å²) in [4.78, 5) is 9.55. The second-order valence-corrected chi connectivity index (χ2v) is 6.70. The highest BCUT2D eigenvalue weighted by Gasteiger charge is 2.22. The molecule has 114 valence electrons. The zero-order valence-corrected chi connectivity index (χ0v) is 13.7. The first-order valence-corrected chi connectivity index (χ1v) is 8.77. The fourth-order valence-corrected chi connectivity index (χ4v) is 4.08. The van der Waals surface area contributed by atoms with E-state index in [0.29, 0.717) is 0 Å². The van der Waals surface area contributed by atoms with Gasteiger partial charge in [-0.05, 0) is 49.2 Å². The molecule has 23 heavy (non-hydrogen) atoms. The fourth-order valence-electron chi connectivity index (χ4n) is 2.99. The number of fused-ring (bicyclic) bond motifs is 2. The second kappa shape index (κ2) is 6.47. The Morgan fingerprint density at radius 1 is 0.783 bits per heavy atom. The number of hydrogen-bond acceptors (Lipinski definition) is 3. The minimum Gasteiger partial charge on any atom is -0.340 e. The lowest BCUT2D eigenvalue weighted by molar-refractivity contribution is 0.781. The van der Waals surface area contributed by atoms with Gasteiger partial charge in [-0.2, -0.15) is 0 Å². The Balaban J connectivity index is 1.57. The summed E-state index contributed by atoms with van der Waals surface area (Å²) in [6, 6.07) is 23.5. The van der Waals surface area contributed by atoms with Crippen molar-refractivity contribution >= 4 is 23.1 Å². The fraction of sp³-hybridized carbons (Fsp3) is 0.150. The first-order valence-electron chi connectivity index (χ1n) is 7.95. The van der Waals surface area contributed by atoms with Crippen LogP contribution in [0, 0.1) is 0 Å². The minimum absolute atomic E-state index is 1.01. The molecule has 4 rings (SSSR count). The summed E-state index contributed by atoms with van der Waals surface area (Å²) in [5.41, 5.74) is 3.80. The summed E-state index contributed by atoms with van der Waals surface area (Å²) in [5, 5.41) is 0. The maximum Gasteiger partial charge on any atom is 0.0552 e. The van der Waals surface area contributed by atoms with Crippen LogP contribution < -0.4 is 4.90 Å². The molecular formula is C20H18N2S. The van der Waals surface area contributed by atoms with Gasteiger partial charge in [0.1, 0.15) is 0 Å². The van der Waals surface area contributed by atoms with Crippen molar-refractivity contribution in [2.75, 3.05) is 11.4 Å². The highest BCUT2D eigenvalue weighted by molar-refractivity contribution is 7.99. The van der Waals surface area contributed by atoms with Crippen LogP contribution in [-0.2, 0) is 6.42 Å². The Morgan fingerprint density at radius 3 is 2.09 bits per heavy atom. The van der Waals surface area contributed by atoms with Gasteiger partial charge in [0, 0.05) is 28.2 Å². The SMILES string of the molecule is c1ccc(CCCN2c3ccccc3Sc3ccccc32)nc1. The van der Waals surface area contributed by atoms with Gasteiger partial charge in [0.25, 0.3) is 0 Å². The number of pyridine rings is 1. The van der Waals surface area contributed by atoms with Gasteiger partial charge in [-0.3, -0.25) is 4.98 Å². The molecule has 0 N–H and O–H groups in total. The normalized spacial score (nSPS) is 12.6. The third-order valence-corrected chi connectivity index (χ3v) is 5.20. The van der Waals surface area contributed by atoms with Gasteiger partial charge < -0.3 is 4.90 Å². The van der Waals surface area contributed by atoms with Crippen molar-refractivity contribution in [3.63, 3.8) is 0 Å². The molecule has 0 saturated carbocycles. The van der Waals surface area contributed by atoms with Crippen LogP contribution >= 0.6 is 11.8 Å². The van der Waals surface area contributed by atoms with Gasteiger partial charge >= 0.3 is 0 Å². The minimum atomic E-state index is 1.01. The largest absolute Gasteiger partial charge is 0.340 e. The van der Waals surface area contributed by atoms with E-state index in [9.17, 15) is 0 Å². The van der Waals surface area contributed by atoms with Crippen molar-refractivity contribution in [1.29, 1.82) is 0 Å². The van der Waals surface area contributed by atoms with Crippen LogP contribution in [0.15, 0.2) is 82.7 Å². The van der Waals surface area contributed by atoms with Gasteiger partial charge in [0.05, 0.1) is 11.4 Å². The number of aromatic nitrogens is 1. The summed E-state index contributed by atoms with van der Waals surface area (Å²) in [6.07, 6.45) is 3.97. The highest BCUT2D eigenvalue weighted by atomic mass is 32.2. The maximum absolute atomic E-state index is 4.43.